The summed E-state index contributed by atoms with van der Waals surface area (Å²) in [4.78, 5) is 25.9. The number of carbonyl (C=O) groups excluding carboxylic acids is 1. The molecule has 1 aromatic carbocycles. The Morgan fingerprint density at radius 3 is 2.55 bits per heavy atom. The van der Waals surface area contributed by atoms with E-state index in [1.54, 1.807) is 11.0 Å². The summed E-state index contributed by atoms with van der Waals surface area (Å²) in [5.74, 6) is -0.504. The Hall–Kier alpha value is -2.27. The Morgan fingerprint density at radius 1 is 1.36 bits per heavy atom. The average Bonchev–Trinajstić information content (AvgIpc) is 2.68. The molecule has 0 bridgehead atoms. The normalized spacial score (nSPS) is 25.4. The zero-order valence-corrected chi connectivity index (χ0v) is 21.2. The van der Waals surface area contributed by atoms with Gasteiger partial charge in [0.1, 0.15) is 5.54 Å². The Morgan fingerprint density at radius 2 is 2.03 bits per heavy atom. The molecule has 1 aliphatic heterocycles. The number of nitrogens with one attached hydrogen (secondary N) is 1. The first-order valence-electron chi connectivity index (χ1n) is 11.8. The second kappa shape index (κ2) is 9.54. The summed E-state index contributed by atoms with van der Waals surface area (Å²) in [6.45, 7) is 15.0. The Kier molecular flexibility index (Phi) is 7.33. The predicted molar refractivity (Wildman–Crippen MR) is 133 cm³/mol. The van der Waals surface area contributed by atoms with Crippen molar-refractivity contribution in [3.05, 3.63) is 58.8 Å². The summed E-state index contributed by atoms with van der Waals surface area (Å²) in [5.41, 5.74) is 2.43. The number of amides is 2. The molecule has 5 nitrogen and oxygen atoms in total. The van der Waals surface area contributed by atoms with Crippen molar-refractivity contribution < 1.29 is 14.7 Å². The van der Waals surface area contributed by atoms with Crippen LogP contribution in [0.25, 0.3) is 0 Å². The topological polar surface area (TPSA) is 69.6 Å². The van der Waals surface area contributed by atoms with E-state index in [2.05, 4.69) is 52.6 Å². The first kappa shape index (κ1) is 25.4. The molecule has 2 aliphatic rings. The number of benzene rings is 1. The number of rotatable bonds is 8. The smallest absolute Gasteiger partial charge is 0.322 e. The third-order valence-corrected chi connectivity index (χ3v) is 7.27. The molecule has 1 atom stereocenters. The van der Waals surface area contributed by atoms with Crippen LogP contribution >= 0.6 is 11.6 Å². The van der Waals surface area contributed by atoms with E-state index < -0.39 is 11.5 Å². The Labute approximate surface area is 202 Å². The number of aryl methyl sites for hydroxylation is 1. The van der Waals surface area contributed by atoms with Crippen LogP contribution in [0.3, 0.4) is 0 Å². The lowest BCUT2D eigenvalue weighted by atomic mass is 9.74. The van der Waals surface area contributed by atoms with Crippen molar-refractivity contribution in [2.24, 2.45) is 17.3 Å². The van der Waals surface area contributed by atoms with Gasteiger partial charge in [0.05, 0.1) is 0 Å². The zero-order valence-electron chi connectivity index (χ0n) is 20.5. The molecular weight excluding hydrogens is 436 g/mol. The lowest BCUT2D eigenvalue weighted by molar-refractivity contribution is -0.139. The second-order valence-electron chi connectivity index (χ2n) is 11.0. The van der Waals surface area contributed by atoms with Gasteiger partial charge in [0.2, 0.25) is 0 Å². The second-order valence-corrected chi connectivity index (χ2v) is 11.5. The molecule has 2 N–H and O–H groups in total. The van der Waals surface area contributed by atoms with Crippen molar-refractivity contribution >= 4 is 23.6 Å². The molecule has 0 spiro atoms. The van der Waals surface area contributed by atoms with E-state index in [1.165, 1.54) is 0 Å². The number of halogens is 1. The van der Waals surface area contributed by atoms with Crippen LogP contribution in [0.2, 0.25) is 5.02 Å². The molecule has 1 heterocycles. The van der Waals surface area contributed by atoms with E-state index in [0.717, 1.165) is 29.5 Å². The summed E-state index contributed by atoms with van der Waals surface area (Å²) < 4.78 is 0. The molecule has 0 radical (unpaired) electrons. The van der Waals surface area contributed by atoms with Crippen molar-refractivity contribution in [3.8, 4) is 0 Å². The van der Waals surface area contributed by atoms with Crippen LogP contribution in [-0.4, -0.2) is 28.0 Å². The molecule has 1 aromatic rings. The number of aliphatic carboxylic acids is 1. The number of urea groups is 1. The molecule has 6 heteroatoms. The van der Waals surface area contributed by atoms with Gasteiger partial charge in [0.25, 0.3) is 0 Å². The quantitative estimate of drug-likeness (QED) is 0.423. The SMILES string of the molecule is C=C[C@]1(c2ccc(CCC(C)(C)C)c(Cl)c2)NC(=O)N(C2CC(CC(=O)O)C2)C=C1C(C)C. The van der Waals surface area contributed by atoms with Gasteiger partial charge in [0.15, 0.2) is 0 Å². The largest absolute Gasteiger partial charge is 0.481 e. The zero-order chi connectivity index (χ0) is 24.6. The molecule has 2 amide bonds. The highest BCUT2D eigenvalue weighted by molar-refractivity contribution is 6.31. The van der Waals surface area contributed by atoms with Crippen molar-refractivity contribution in [1.29, 1.82) is 0 Å². The fourth-order valence-electron chi connectivity index (χ4n) is 4.86. The van der Waals surface area contributed by atoms with Crippen molar-refractivity contribution in [1.82, 2.24) is 10.2 Å². The van der Waals surface area contributed by atoms with Gasteiger partial charge in [-0.15, -0.1) is 6.58 Å². The van der Waals surface area contributed by atoms with Gasteiger partial charge in [-0.1, -0.05) is 64.4 Å². The van der Waals surface area contributed by atoms with Gasteiger partial charge >= 0.3 is 12.0 Å². The van der Waals surface area contributed by atoms with Gasteiger partial charge in [0, 0.05) is 23.7 Å². The maximum absolute atomic E-state index is 13.2. The molecule has 0 aromatic heterocycles. The van der Waals surface area contributed by atoms with Crippen LogP contribution in [0.15, 0.2) is 42.6 Å². The fourth-order valence-corrected chi connectivity index (χ4v) is 5.14. The van der Waals surface area contributed by atoms with Crippen LogP contribution < -0.4 is 5.32 Å². The molecule has 0 unspecified atom stereocenters. The van der Waals surface area contributed by atoms with Crippen molar-refractivity contribution in [2.45, 2.75) is 78.3 Å². The summed E-state index contributed by atoms with van der Waals surface area (Å²) >= 11 is 6.70. The van der Waals surface area contributed by atoms with E-state index >= 15 is 0 Å². The number of nitrogens with zero attached hydrogens (tertiary/aromatic N) is 1. The number of hydrogen-bond acceptors (Lipinski definition) is 2. The van der Waals surface area contributed by atoms with E-state index in [0.29, 0.717) is 17.9 Å². The van der Waals surface area contributed by atoms with Crippen LogP contribution in [-0.2, 0) is 16.8 Å². The Bertz CT molecular complexity index is 957. The van der Waals surface area contributed by atoms with Gasteiger partial charge in [-0.2, -0.15) is 0 Å². The number of carboxylic acids is 1. The standard InChI is InChI=1S/C27H37ClN2O3/c1-7-27(20-9-8-19(23(28)15-20)10-11-26(4,5)6)22(17(2)3)16-30(25(33)29-27)21-12-18(13-21)14-24(31)32/h7-9,15-18,21H,1,10-14H2,2-6H3,(H,29,33)(H,31,32)/t18?,21?,27-/m1/s1. The highest BCUT2D eigenvalue weighted by Gasteiger charge is 2.45. The van der Waals surface area contributed by atoms with E-state index in [1.807, 2.05) is 18.3 Å². The molecular formula is C27H37ClN2O3. The first-order valence-corrected chi connectivity index (χ1v) is 12.2. The molecule has 33 heavy (non-hydrogen) atoms. The maximum atomic E-state index is 13.2. The molecule has 3 rings (SSSR count). The van der Waals surface area contributed by atoms with Crippen LogP contribution in [0, 0.1) is 17.3 Å². The summed E-state index contributed by atoms with van der Waals surface area (Å²) in [6.07, 6.45) is 7.25. The number of hydrogen-bond donors (Lipinski definition) is 2. The van der Waals surface area contributed by atoms with Crippen molar-refractivity contribution in [2.75, 3.05) is 0 Å². The molecule has 1 saturated carbocycles. The molecule has 0 saturated heterocycles. The summed E-state index contributed by atoms with van der Waals surface area (Å²) in [6, 6.07) is 5.90. The van der Waals surface area contributed by atoms with Crippen LogP contribution in [0.5, 0.6) is 0 Å². The van der Waals surface area contributed by atoms with Gasteiger partial charge in [-0.05, 0) is 65.7 Å². The predicted octanol–water partition coefficient (Wildman–Crippen LogP) is 6.52. The van der Waals surface area contributed by atoms with Crippen LogP contribution in [0.4, 0.5) is 4.79 Å². The summed E-state index contributed by atoms with van der Waals surface area (Å²) in [7, 11) is 0. The minimum atomic E-state index is -0.835. The van der Waals surface area contributed by atoms with Crippen molar-refractivity contribution in [3.63, 3.8) is 0 Å². The minimum Gasteiger partial charge on any atom is -0.481 e. The Balaban J connectivity index is 1.90. The van der Waals surface area contributed by atoms with Gasteiger partial charge < -0.3 is 10.4 Å². The van der Waals surface area contributed by atoms with Crippen LogP contribution in [0.1, 0.15) is 71.4 Å². The molecule has 1 aliphatic carbocycles. The molecule has 180 valence electrons. The highest BCUT2D eigenvalue weighted by atomic mass is 35.5. The lowest BCUT2D eigenvalue weighted by Gasteiger charge is -2.48. The molecule has 1 fully saturated rings. The highest BCUT2D eigenvalue weighted by Crippen LogP contribution is 2.43. The summed E-state index contributed by atoms with van der Waals surface area (Å²) in [5, 5.41) is 12.9. The third kappa shape index (κ3) is 5.46. The first-order chi connectivity index (χ1) is 15.4. The van der Waals surface area contributed by atoms with Gasteiger partial charge in [-0.3, -0.25) is 9.69 Å². The van der Waals surface area contributed by atoms with E-state index in [9.17, 15) is 9.59 Å². The monoisotopic (exact) mass is 472 g/mol. The van der Waals surface area contributed by atoms with Gasteiger partial charge in [-0.25, -0.2) is 4.79 Å². The fraction of sp³-hybridized carbons (Fsp3) is 0.556. The number of carboxylic acid groups (broad SMARTS) is 1. The van der Waals surface area contributed by atoms with E-state index in [-0.39, 0.29) is 35.7 Å². The number of carbonyl (C=O) groups is 2. The lowest BCUT2D eigenvalue weighted by Crippen LogP contribution is -2.59. The minimum absolute atomic E-state index is 0.0225. The van der Waals surface area contributed by atoms with E-state index in [4.69, 9.17) is 16.7 Å². The third-order valence-electron chi connectivity index (χ3n) is 6.92. The maximum Gasteiger partial charge on any atom is 0.322 e. The average molecular weight is 473 g/mol.